The van der Waals surface area contributed by atoms with Crippen molar-refractivity contribution in [3.8, 4) is 0 Å². The van der Waals surface area contributed by atoms with E-state index in [1.807, 2.05) is 0 Å². The summed E-state index contributed by atoms with van der Waals surface area (Å²) >= 11 is 0. The van der Waals surface area contributed by atoms with Crippen LogP contribution in [0, 0.1) is 50.2 Å². The highest BCUT2D eigenvalue weighted by atomic mass is 16.5. The zero-order chi connectivity index (χ0) is 24.9. The van der Waals surface area contributed by atoms with Crippen LogP contribution in [0.1, 0.15) is 113 Å². The highest BCUT2D eigenvalue weighted by molar-refractivity contribution is 5.85. The van der Waals surface area contributed by atoms with Gasteiger partial charge in [-0.15, -0.1) is 0 Å². The first-order chi connectivity index (χ1) is 15.7. The van der Waals surface area contributed by atoms with E-state index in [2.05, 4.69) is 54.5 Å². The predicted molar refractivity (Wildman–Crippen MR) is 136 cm³/mol. The van der Waals surface area contributed by atoms with Crippen LogP contribution in [0.25, 0.3) is 0 Å². The number of methoxy groups -OCH3 is 1. The molecule has 4 fully saturated rings. The van der Waals surface area contributed by atoms with E-state index >= 15 is 0 Å². The number of ketones is 1. The van der Waals surface area contributed by atoms with Gasteiger partial charge in [-0.1, -0.05) is 60.1 Å². The summed E-state index contributed by atoms with van der Waals surface area (Å²) in [6, 6.07) is 0. The second-order valence-electron chi connectivity index (χ2n) is 15.0. The molecular formula is C31H48O3. The first-order valence-electron chi connectivity index (χ1n) is 14.0. The van der Waals surface area contributed by atoms with Crippen molar-refractivity contribution >= 4 is 11.8 Å². The normalized spacial score (nSPS) is 49.0. The number of rotatable bonds is 1. The van der Waals surface area contributed by atoms with Gasteiger partial charge in [0.15, 0.2) is 0 Å². The Morgan fingerprint density at radius 2 is 1.59 bits per heavy atom. The SMILES string of the molecule is COC(=O)[C@]12CCC(C)(C)C[C@@H]1C1=CC[C@@H]3[C@@]4(C)CCC(=O)C(C)(C)[C@@H]4CC[C@@]3(C)[C@]1(C)CC2. The molecule has 5 rings (SSSR count). The Bertz CT molecular complexity index is 942. The summed E-state index contributed by atoms with van der Waals surface area (Å²) in [4.78, 5) is 26.3. The Balaban J connectivity index is 1.60. The van der Waals surface area contributed by atoms with Gasteiger partial charge in [0.05, 0.1) is 12.5 Å². The van der Waals surface area contributed by atoms with Crippen LogP contribution in [0.3, 0.4) is 0 Å². The molecule has 0 spiro atoms. The Hall–Kier alpha value is -1.12. The molecule has 3 nitrogen and oxygen atoms in total. The summed E-state index contributed by atoms with van der Waals surface area (Å²) in [7, 11) is 1.59. The van der Waals surface area contributed by atoms with Crippen LogP contribution in [-0.2, 0) is 14.3 Å². The van der Waals surface area contributed by atoms with E-state index in [4.69, 9.17) is 4.74 Å². The number of ether oxygens (including phenoxy) is 1. The van der Waals surface area contributed by atoms with Crippen molar-refractivity contribution in [2.24, 2.45) is 50.2 Å². The van der Waals surface area contributed by atoms with Crippen LogP contribution >= 0.6 is 0 Å². The van der Waals surface area contributed by atoms with Gasteiger partial charge in [0.1, 0.15) is 5.78 Å². The lowest BCUT2D eigenvalue weighted by molar-refractivity contribution is -0.190. The van der Waals surface area contributed by atoms with Gasteiger partial charge >= 0.3 is 5.97 Å². The third kappa shape index (κ3) is 2.88. The van der Waals surface area contributed by atoms with E-state index in [9.17, 15) is 9.59 Å². The predicted octanol–water partition coefficient (Wildman–Crippen LogP) is 7.53. The number of allylic oxidation sites excluding steroid dienone is 2. The number of carbonyl (C=O) groups excluding carboxylic acids is 2. The summed E-state index contributed by atoms with van der Waals surface area (Å²) in [6.07, 6.45) is 13.0. The maximum atomic E-state index is 13.3. The Kier molecular flexibility index (Phi) is 5.22. The lowest BCUT2D eigenvalue weighted by Gasteiger charge is -2.70. The van der Waals surface area contributed by atoms with Crippen LogP contribution in [0.5, 0.6) is 0 Å². The number of esters is 1. The minimum atomic E-state index is -0.334. The Morgan fingerprint density at radius 1 is 0.912 bits per heavy atom. The zero-order valence-electron chi connectivity index (χ0n) is 23.1. The van der Waals surface area contributed by atoms with Gasteiger partial charge in [0, 0.05) is 11.8 Å². The molecule has 0 amide bonds. The number of carbonyl (C=O) groups is 2. The monoisotopic (exact) mass is 468 g/mol. The molecule has 0 bridgehead atoms. The third-order valence-corrected chi connectivity index (χ3v) is 13.0. The molecule has 5 aliphatic rings. The lowest BCUT2D eigenvalue weighted by Crippen LogP contribution is -2.64. The molecule has 4 saturated carbocycles. The standard InChI is InChI=1S/C31H48O3/c1-26(2)15-17-31(25(33)34-8)18-16-29(6)20(21(31)19-26)9-10-23-28(5)13-12-24(32)27(3,4)22(28)11-14-30(23,29)7/h9,21-23H,10-19H2,1-8H3/t21-,22+,23-,28+,29-,30-,31+/m1/s1. The van der Waals surface area contributed by atoms with Crippen molar-refractivity contribution in [2.75, 3.05) is 7.11 Å². The molecule has 190 valence electrons. The van der Waals surface area contributed by atoms with Crippen molar-refractivity contribution in [3.05, 3.63) is 11.6 Å². The summed E-state index contributed by atoms with van der Waals surface area (Å²) in [6.45, 7) is 16.9. The van der Waals surface area contributed by atoms with Crippen LogP contribution < -0.4 is 0 Å². The summed E-state index contributed by atoms with van der Waals surface area (Å²) in [5.74, 6) is 1.88. The van der Waals surface area contributed by atoms with Crippen LogP contribution in [0.4, 0.5) is 0 Å². The first-order valence-corrected chi connectivity index (χ1v) is 14.0. The summed E-state index contributed by atoms with van der Waals surface area (Å²) in [5, 5.41) is 0. The van der Waals surface area contributed by atoms with E-state index in [1.165, 1.54) is 6.42 Å². The molecule has 0 unspecified atom stereocenters. The van der Waals surface area contributed by atoms with Crippen molar-refractivity contribution < 1.29 is 14.3 Å². The van der Waals surface area contributed by atoms with E-state index in [0.717, 1.165) is 57.8 Å². The molecule has 0 radical (unpaired) electrons. The minimum Gasteiger partial charge on any atom is -0.469 e. The lowest BCUT2D eigenvalue weighted by atomic mass is 9.33. The Labute approximate surface area is 207 Å². The quantitative estimate of drug-likeness (QED) is 0.295. The molecule has 0 aromatic heterocycles. The molecule has 5 aliphatic carbocycles. The molecule has 34 heavy (non-hydrogen) atoms. The van der Waals surface area contributed by atoms with Crippen LogP contribution in [0.2, 0.25) is 0 Å². The molecule has 0 aromatic carbocycles. The second-order valence-corrected chi connectivity index (χ2v) is 15.0. The van der Waals surface area contributed by atoms with Gasteiger partial charge < -0.3 is 4.74 Å². The second kappa shape index (κ2) is 7.22. The largest absolute Gasteiger partial charge is 0.469 e. The maximum Gasteiger partial charge on any atom is 0.312 e. The highest BCUT2D eigenvalue weighted by Crippen LogP contribution is 2.75. The molecular weight excluding hydrogens is 420 g/mol. The van der Waals surface area contributed by atoms with Gasteiger partial charge in [0.25, 0.3) is 0 Å². The molecule has 0 saturated heterocycles. The van der Waals surface area contributed by atoms with E-state index in [1.54, 1.807) is 12.7 Å². The summed E-state index contributed by atoms with van der Waals surface area (Å²) < 4.78 is 5.48. The third-order valence-electron chi connectivity index (χ3n) is 13.0. The molecule has 0 aliphatic heterocycles. The van der Waals surface area contributed by atoms with Crippen LogP contribution in [-0.4, -0.2) is 18.9 Å². The number of fused-ring (bicyclic) bond motifs is 7. The number of hydrogen-bond acceptors (Lipinski definition) is 3. The van der Waals surface area contributed by atoms with Gasteiger partial charge in [-0.3, -0.25) is 9.59 Å². The van der Waals surface area contributed by atoms with Gasteiger partial charge in [-0.25, -0.2) is 0 Å². The van der Waals surface area contributed by atoms with Crippen molar-refractivity contribution in [1.29, 1.82) is 0 Å². The molecule has 0 heterocycles. The Morgan fingerprint density at radius 3 is 2.26 bits per heavy atom. The smallest absolute Gasteiger partial charge is 0.312 e. The fraction of sp³-hybridized carbons (Fsp3) is 0.871. The number of hydrogen-bond donors (Lipinski definition) is 0. The zero-order valence-corrected chi connectivity index (χ0v) is 23.1. The van der Waals surface area contributed by atoms with Gasteiger partial charge in [-0.05, 0) is 97.2 Å². The maximum absolute atomic E-state index is 13.3. The number of Topliss-reactive ketones (excluding diaryl/α,β-unsaturated/α-hetero) is 1. The molecule has 0 aromatic rings. The summed E-state index contributed by atoms with van der Waals surface area (Å²) in [5.41, 5.74) is 1.84. The van der Waals surface area contributed by atoms with E-state index < -0.39 is 0 Å². The average Bonchev–Trinajstić information content (AvgIpc) is 2.76. The van der Waals surface area contributed by atoms with Crippen LogP contribution in [0.15, 0.2) is 11.6 Å². The molecule has 0 N–H and O–H groups in total. The molecule has 3 heteroatoms. The topological polar surface area (TPSA) is 43.4 Å². The first kappa shape index (κ1) is 24.6. The highest BCUT2D eigenvalue weighted by Gasteiger charge is 2.69. The minimum absolute atomic E-state index is 0.0337. The fourth-order valence-corrected chi connectivity index (χ4v) is 10.6. The van der Waals surface area contributed by atoms with Crippen molar-refractivity contribution in [2.45, 2.75) is 113 Å². The average molecular weight is 469 g/mol. The van der Waals surface area contributed by atoms with E-state index in [-0.39, 0.29) is 38.5 Å². The van der Waals surface area contributed by atoms with E-state index in [0.29, 0.717) is 23.5 Å². The van der Waals surface area contributed by atoms with Crippen molar-refractivity contribution in [1.82, 2.24) is 0 Å². The van der Waals surface area contributed by atoms with Crippen molar-refractivity contribution in [3.63, 3.8) is 0 Å². The van der Waals surface area contributed by atoms with Gasteiger partial charge in [-0.2, -0.15) is 0 Å². The van der Waals surface area contributed by atoms with Gasteiger partial charge in [0.2, 0.25) is 0 Å². The fourth-order valence-electron chi connectivity index (χ4n) is 10.6. The molecule has 7 atom stereocenters.